The van der Waals surface area contributed by atoms with Gasteiger partial charge in [0.05, 0.1) is 0 Å². The van der Waals surface area contributed by atoms with E-state index in [4.69, 9.17) is 5.73 Å². The van der Waals surface area contributed by atoms with Crippen molar-refractivity contribution in [1.29, 1.82) is 0 Å². The molecule has 1 fully saturated rings. The molecule has 0 unspecified atom stereocenters. The van der Waals surface area contributed by atoms with Crippen LogP contribution in [0.15, 0.2) is 18.5 Å². The maximum Gasteiger partial charge on any atom is 0.0316 e. The monoisotopic (exact) mass is 220 g/mol. The molecule has 2 N–H and O–H groups in total. The molecule has 1 saturated heterocycles. The molecule has 1 aromatic rings. The number of likely N-dealkylation sites (N-methyl/N-ethyl adjacent to an activating group) is 1. The Balaban J connectivity index is 1.98. The van der Waals surface area contributed by atoms with E-state index in [0.717, 1.165) is 32.7 Å². The fraction of sp³-hybridized carbons (Fsp3) is 0.583. The molecule has 0 spiro atoms. The van der Waals surface area contributed by atoms with E-state index in [9.17, 15) is 0 Å². The van der Waals surface area contributed by atoms with E-state index >= 15 is 0 Å². The predicted molar refractivity (Wildman–Crippen MR) is 64.9 cm³/mol. The Kier molecular flexibility index (Phi) is 3.88. The summed E-state index contributed by atoms with van der Waals surface area (Å²) in [6.07, 6.45) is 3.76. The Morgan fingerprint density at radius 1 is 1.25 bits per heavy atom. The van der Waals surface area contributed by atoms with Crippen LogP contribution in [0, 0.1) is 0 Å². The van der Waals surface area contributed by atoms with Crippen LogP contribution in [0.2, 0.25) is 0 Å². The number of piperazine rings is 1. The standard InChI is InChI=1S/C12H20N4/c1-15-4-6-16(7-5-15)10-12-9-14-3-2-11(12)8-13/h2-3,9H,4-8,10,13H2,1H3. The lowest BCUT2D eigenvalue weighted by molar-refractivity contribution is 0.148. The van der Waals surface area contributed by atoms with Gasteiger partial charge >= 0.3 is 0 Å². The Morgan fingerprint density at radius 3 is 2.69 bits per heavy atom. The van der Waals surface area contributed by atoms with Gasteiger partial charge in [-0.15, -0.1) is 0 Å². The van der Waals surface area contributed by atoms with Gasteiger partial charge < -0.3 is 10.6 Å². The van der Waals surface area contributed by atoms with Crippen molar-refractivity contribution in [3.05, 3.63) is 29.6 Å². The highest BCUT2D eigenvalue weighted by molar-refractivity contribution is 5.22. The maximum atomic E-state index is 5.72. The average Bonchev–Trinajstić information content (AvgIpc) is 2.33. The molecule has 0 radical (unpaired) electrons. The van der Waals surface area contributed by atoms with Crippen LogP contribution in [-0.4, -0.2) is 48.0 Å². The second-order valence-corrected chi connectivity index (χ2v) is 4.43. The minimum Gasteiger partial charge on any atom is -0.326 e. The van der Waals surface area contributed by atoms with Crippen LogP contribution in [0.25, 0.3) is 0 Å². The van der Waals surface area contributed by atoms with Crippen molar-refractivity contribution in [3.8, 4) is 0 Å². The van der Waals surface area contributed by atoms with Crippen LogP contribution >= 0.6 is 0 Å². The second-order valence-electron chi connectivity index (χ2n) is 4.43. The number of hydrogen-bond donors (Lipinski definition) is 1. The van der Waals surface area contributed by atoms with Crippen molar-refractivity contribution in [2.24, 2.45) is 5.73 Å². The van der Waals surface area contributed by atoms with Crippen LogP contribution in [0.1, 0.15) is 11.1 Å². The number of nitrogens with two attached hydrogens (primary N) is 1. The Morgan fingerprint density at radius 2 is 2.00 bits per heavy atom. The number of rotatable bonds is 3. The summed E-state index contributed by atoms with van der Waals surface area (Å²) >= 11 is 0. The minimum atomic E-state index is 0.603. The maximum absolute atomic E-state index is 5.72. The van der Waals surface area contributed by atoms with Crippen molar-refractivity contribution < 1.29 is 0 Å². The smallest absolute Gasteiger partial charge is 0.0316 e. The first-order valence-corrected chi connectivity index (χ1v) is 5.82. The van der Waals surface area contributed by atoms with E-state index in [0.29, 0.717) is 6.54 Å². The molecule has 88 valence electrons. The fourth-order valence-electron chi connectivity index (χ4n) is 2.04. The second kappa shape index (κ2) is 5.39. The quantitative estimate of drug-likeness (QED) is 0.795. The molecule has 0 bridgehead atoms. The minimum absolute atomic E-state index is 0.603. The van der Waals surface area contributed by atoms with Gasteiger partial charge in [0, 0.05) is 51.7 Å². The Bertz CT molecular complexity index is 332. The van der Waals surface area contributed by atoms with Crippen LogP contribution in [0.5, 0.6) is 0 Å². The van der Waals surface area contributed by atoms with Gasteiger partial charge in [0.15, 0.2) is 0 Å². The van der Waals surface area contributed by atoms with E-state index in [1.165, 1.54) is 11.1 Å². The number of hydrogen-bond acceptors (Lipinski definition) is 4. The molecular formula is C12H20N4. The van der Waals surface area contributed by atoms with Crippen LogP contribution in [0.4, 0.5) is 0 Å². The summed E-state index contributed by atoms with van der Waals surface area (Å²) in [6, 6.07) is 2.02. The van der Waals surface area contributed by atoms with E-state index in [-0.39, 0.29) is 0 Å². The van der Waals surface area contributed by atoms with Gasteiger partial charge in [0.1, 0.15) is 0 Å². The SMILES string of the molecule is CN1CCN(Cc2cnccc2CN)CC1. The zero-order valence-corrected chi connectivity index (χ0v) is 9.89. The average molecular weight is 220 g/mol. The van der Waals surface area contributed by atoms with Crippen LogP contribution < -0.4 is 5.73 Å². The summed E-state index contributed by atoms with van der Waals surface area (Å²) < 4.78 is 0. The van der Waals surface area contributed by atoms with Crippen molar-refractivity contribution >= 4 is 0 Å². The zero-order chi connectivity index (χ0) is 11.4. The normalized spacial score (nSPS) is 18.9. The summed E-state index contributed by atoms with van der Waals surface area (Å²) in [5.74, 6) is 0. The summed E-state index contributed by atoms with van der Waals surface area (Å²) in [7, 11) is 2.17. The lowest BCUT2D eigenvalue weighted by Gasteiger charge is -2.32. The molecular weight excluding hydrogens is 200 g/mol. The van der Waals surface area contributed by atoms with Gasteiger partial charge in [0.2, 0.25) is 0 Å². The van der Waals surface area contributed by atoms with Gasteiger partial charge in [-0.05, 0) is 24.2 Å². The van der Waals surface area contributed by atoms with Gasteiger partial charge in [-0.2, -0.15) is 0 Å². The van der Waals surface area contributed by atoms with Crippen LogP contribution in [-0.2, 0) is 13.1 Å². The third-order valence-corrected chi connectivity index (χ3v) is 3.21. The highest BCUT2D eigenvalue weighted by Gasteiger charge is 2.14. The summed E-state index contributed by atoms with van der Waals surface area (Å²) in [5.41, 5.74) is 8.21. The Labute approximate surface area is 97.1 Å². The third kappa shape index (κ3) is 2.78. The van der Waals surface area contributed by atoms with Gasteiger partial charge in [-0.1, -0.05) is 0 Å². The lowest BCUT2D eigenvalue weighted by Crippen LogP contribution is -2.44. The molecule has 2 heterocycles. The largest absolute Gasteiger partial charge is 0.326 e. The van der Waals surface area contributed by atoms with E-state index < -0.39 is 0 Å². The first-order chi connectivity index (χ1) is 7.79. The first kappa shape index (κ1) is 11.5. The zero-order valence-electron chi connectivity index (χ0n) is 9.89. The summed E-state index contributed by atoms with van der Waals surface area (Å²) in [5, 5.41) is 0. The first-order valence-electron chi connectivity index (χ1n) is 5.82. The highest BCUT2D eigenvalue weighted by atomic mass is 15.2. The molecule has 4 heteroatoms. The Hall–Kier alpha value is -0.970. The molecule has 0 saturated carbocycles. The van der Waals surface area contributed by atoms with E-state index in [1.807, 2.05) is 18.5 Å². The van der Waals surface area contributed by atoms with Gasteiger partial charge in [-0.25, -0.2) is 0 Å². The molecule has 0 aliphatic carbocycles. The predicted octanol–water partition coefficient (Wildman–Crippen LogP) is 0.288. The lowest BCUT2D eigenvalue weighted by atomic mass is 10.1. The fourth-order valence-corrected chi connectivity index (χ4v) is 2.04. The number of pyridine rings is 1. The summed E-state index contributed by atoms with van der Waals surface area (Å²) in [4.78, 5) is 9.01. The summed E-state index contributed by atoms with van der Waals surface area (Å²) in [6.45, 7) is 6.15. The topological polar surface area (TPSA) is 45.4 Å². The molecule has 2 rings (SSSR count). The third-order valence-electron chi connectivity index (χ3n) is 3.21. The molecule has 0 aromatic carbocycles. The van der Waals surface area contributed by atoms with Gasteiger partial charge in [0.25, 0.3) is 0 Å². The number of aromatic nitrogens is 1. The highest BCUT2D eigenvalue weighted by Crippen LogP contribution is 2.11. The van der Waals surface area contributed by atoms with Gasteiger partial charge in [-0.3, -0.25) is 9.88 Å². The van der Waals surface area contributed by atoms with Crippen molar-refractivity contribution in [3.63, 3.8) is 0 Å². The molecule has 4 nitrogen and oxygen atoms in total. The molecule has 0 atom stereocenters. The molecule has 1 aromatic heterocycles. The van der Waals surface area contributed by atoms with Crippen molar-refractivity contribution in [2.45, 2.75) is 13.1 Å². The molecule has 1 aliphatic rings. The van der Waals surface area contributed by atoms with Crippen molar-refractivity contribution in [2.75, 3.05) is 33.2 Å². The van der Waals surface area contributed by atoms with E-state index in [1.54, 1.807) is 0 Å². The van der Waals surface area contributed by atoms with Crippen molar-refractivity contribution in [1.82, 2.24) is 14.8 Å². The van der Waals surface area contributed by atoms with Crippen LogP contribution in [0.3, 0.4) is 0 Å². The number of nitrogens with zero attached hydrogens (tertiary/aromatic N) is 3. The molecule has 16 heavy (non-hydrogen) atoms. The molecule has 0 amide bonds. The molecule has 1 aliphatic heterocycles. The van der Waals surface area contributed by atoms with E-state index in [2.05, 4.69) is 21.8 Å².